The first-order valence-electron chi connectivity index (χ1n) is 5.97. The number of alkyl halides is 1. The Bertz CT molecular complexity index is 614. The fourth-order valence-corrected chi connectivity index (χ4v) is 2.07. The van der Waals surface area contributed by atoms with Crippen molar-refractivity contribution in [2.45, 2.75) is 11.9 Å². The van der Waals surface area contributed by atoms with Crippen LogP contribution >= 0.6 is 15.9 Å². The molecule has 20 heavy (non-hydrogen) atoms. The van der Waals surface area contributed by atoms with Gasteiger partial charge < -0.3 is 5.32 Å². The van der Waals surface area contributed by atoms with E-state index < -0.39 is 17.5 Å². The molecule has 0 atom stereocenters. The fourth-order valence-electron chi connectivity index (χ4n) is 1.70. The summed E-state index contributed by atoms with van der Waals surface area (Å²) in [7, 11) is 0. The average molecular weight is 340 g/mol. The Balaban J connectivity index is 2.02. The maximum Gasteiger partial charge on any atom is 0.254 e. The van der Waals surface area contributed by atoms with Crippen molar-refractivity contribution in [2.24, 2.45) is 0 Å². The van der Waals surface area contributed by atoms with Crippen molar-refractivity contribution in [1.29, 1.82) is 0 Å². The smallest absolute Gasteiger partial charge is 0.254 e. The summed E-state index contributed by atoms with van der Waals surface area (Å²) in [5.41, 5.74) is 1.72. The first kappa shape index (κ1) is 14.7. The number of benzene rings is 2. The maximum absolute atomic E-state index is 13.4. The maximum atomic E-state index is 13.4. The highest BCUT2D eigenvalue weighted by Gasteiger charge is 2.12. The van der Waals surface area contributed by atoms with E-state index in [1.165, 1.54) is 0 Å². The second-order valence-corrected chi connectivity index (χ2v) is 4.82. The van der Waals surface area contributed by atoms with Gasteiger partial charge in [0, 0.05) is 11.9 Å². The van der Waals surface area contributed by atoms with Gasteiger partial charge in [0.05, 0.1) is 5.56 Å². The summed E-state index contributed by atoms with van der Waals surface area (Å²) in [6, 6.07) is 10.4. The Labute approximate surface area is 123 Å². The van der Waals surface area contributed by atoms with Gasteiger partial charge in [-0.15, -0.1) is 0 Å². The zero-order chi connectivity index (χ0) is 14.5. The molecule has 2 nitrogen and oxygen atoms in total. The SMILES string of the molecule is O=C(NCc1ccc(CBr)cc1)c1cc(F)ccc1F. The van der Waals surface area contributed by atoms with E-state index in [2.05, 4.69) is 21.2 Å². The lowest BCUT2D eigenvalue weighted by atomic mass is 10.1. The van der Waals surface area contributed by atoms with Gasteiger partial charge in [0.2, 0.25) is 0 Å². The molecule has 2 aromatic carbocycles. The Morgan fingerprint density at radius 3 is 2.35 bits per heavy atom. The van der Waals surface area contributed by atoms with Crippen molar-refractivity contribution >= 4 is 21.8 Å². The van der Waals surface area contributed by atoms with Crippen molar-refractivity contribution < 1.29 is 13.6 Å². The number of halogens is 3. The number of rotatable bonds is 4. The van der Waals surface area contributed by atoms with Gasteiger partial charge in [-0.05, 0) is 29.3 Å². The van der Waals surface area contributed by atoms with Crippen molar-refractivity contribution in [3.63, 3.8) is 0 Å². The minimum absolute atomic E-state index is 0.261. The lowest BCUT2D eigenvalue weighted by Crippen LogP contribution is -2.24. The molecule has 104 valence electrons. The third-order valence-electron chi connectivity index (χ3n) is 2.80. The summed E-state index contributed by atoms with van der Waals surface area (Å²) >= 11 is 3.34. The van der Waals surface area contributed by atoms with Crippen LogP contribution in [0.5, 0.6) is 0 Å². The molecule has 1 N–H and O–H groups in total. The first-order valence-corrected chi connectivity index (χ1v) is 7.09. The van der Waals surface area contributed by atoms with E-state index in [-0.39, 0.29) is 12.1 Å². The number of hydrogen-bond acceptors (Lipinski definition) is 1. The van der Waals surface area contributed by atoms with Crippen LogP contribution in [0.1, 0.15) is 21.5 Å². The van der Waals surface area contributed by atoms with Gasteiger partial charge in [-0.2, -0.15) is 0 Å². The predicted octanol–water partition coefficient (Wildman–Crippen LogP) is 3.79. The van der Waals surface area contributed by atoms with Gasteiger partial charge in [-0.3, -0.25) is 4.79 Å². The normalized spacial score (nSPS) is 10.3. The van der Waals surface area contributed by atoms with Crippen LogP contribution in [0.25, 0.3) is 0 Å². The predicted molar refractivity (Wildman–Crippen MR) is 76.6 cm³/mol. The largest absolute Gasteiger partial charge is 0.348 e. The van der Waals surface area contributed by atoms with E-state index in [9.17, 15) is 13.6 Å². The summed E-state index contributed by atoms with van der Waals surface area (Å²) in [6.07, 6.45) is 0. The minimum atomic E-state index is -0.737. The van der Waals surface area contributed by atoms with Gasteiger partial charge in [-0.25, -0.2) is 8.78 Å². The summed E-state index contributed by atoms with van der Waals surface area (Å²) in [5, 5.41) is 3.32. The highest BCUT2D eigenvalue weighted by atomic mass is 79.9. The molecule has 0 unspecified atom stereocenters. The van der Waals surface area contributed by atoms with Crippen LogP contribution in [0.15, 0.2) is 42.5 Å². The highest BCUT2D eigenvalue weighted by molar-refractivity contribution is 9.08. The van der Waals surface area contributed by atoms with Crippen LogP contribution in [0, 0.1) is 11.6 Å². The second kappa shape index (κ2) is 6.61. The number of nitrogens with one attached hydrogen (secondary N) is 1. The number of carbonyl (C=O) groups is 1. The van der Waals surface area contributed by atoms with E-state index in [4.69, 9.17) is 0 Å². The molecule has 0 saturated heterocycles. The molecule has 0 aliphatic carbocycles. The van der Waals surface area contributed by atoms with E-state index in [0.29, 0.717) is 0 Å². The third-order valence-corrected chi connectivity index (χ3v) is 3.45. The Morgan fingerprint density at radius 2 is 1.70 bits per heavy atom. The number of amides is 1. The molecule has 0 aliphatic rings. The van der Waals surface area contributed by atoms with Crippen molar-refractivity contribution in [2.75, 3.05) is 0 Å². The lowest BCUT2D eigenvalue weighted by Gasteiger charge is -2.07. The molecule has 0 heterocycles. The van der Waals surface area contributed by atoms with Crippen molar-refractivity contribution in [3.8, 4) is 0 Å². The van der Waals surface area contributed by atoms with E-state index in [1.807, 2.05) is 24.3 Å². The van der Waals surface area contributed by atoms with Crippen LogP contribution in [-0.2, 0) is 11.9 Å². The molecule has 2 aromatic rings. The van der Waals surface area contributed by atoms with E-state index >= 15 is 0 Å². The second-order valence-electron chi connectivity index (χ2n) is 4.26. The first-order chi connectivity index (χ1) is 9.60. The van der Waals surface area contributed by atoms with Gasteiger partial charge in [0.25, 0.3) is 5.91 Å². The standard InChI is InChI=1S/C15H12BrF2NO/c16-8-10-1-3-11(4-2-10)9-19-15(20)13-7-12(17)5-6-14(13)18/h1-7H,8-9H2,(H,19,20). The van der Waals surface area contributed by atoms with Crippen LogP contribution < -0.4 is 5.32 Å². The molecule has 0 aliphatic heterocycles. The molecule has 0 bridgehead atoms. The zero-order valence-corrected chi connectivity index (χ0v) is 12.1. The molecule has 2 rings (SSSR count). The van der Waals surface area contributed by atoms with Crippen molar-refractivity contribution in [3.05, 3.63) is 70.8 Å². The summed E-state index contributed by atoms with van der Waals surface area (Å²) in [6.45, 7) is 0.261. The van der Waals surface area contributed by atoms with Gasteiger partial charge >= 0.3 is 0 Å². The summed E-state index contributed by atoms with van der Waals surface area (Å²) in [4.78, 5) is 11.8. The van der Waals surface area contributed by atoms with Gasteiger partial charge in [0.1, 0.15) is 11.6 Å². The molecule has 5 heteroatoms. The lowest BCUT2D eigenvalue weighted by molar-refractivity contribution is 0.0946. The summed E-state index contributed by atoms with van der Waals surface area (Å²) in [5.74, 6) is -2.01. The molecular formula is C15H12BrF2NO. The van der Waals surface area contributed by atoms with Gasteiger partial charge in [-0.1, -0.05) is 40.2 Å². The Hall–Kier alpha value is -1.75. The van der Waals surface area contributed by atoms with Crippen LogP contribution in [-0.4, -0.2) is 5.91 Å². The molecule has 0 radical (unpaired) electrons. The Kier molecular flexibility index (Phi) is 4.84. The summed E-state index contributed by atoms with van der Waals surface area (Å²) < 4.78 is 26.4. The fraction of sp³-hybridized carbons (Fsp3) is 0.133. The molecule has 0 aromatic heterocycles. The number of carbonyl (C=O) groups excluding carboxylic acids is 1. The van der Waals surface area contributed by atoms with E-state index in [1.54, 1.807) is 0 Å². The molecule has 0 spiro atoms. The van der Waals surface area contributed by atoms with Crippen LogP contribution in [0.3, 0.4) is 0 Å². The zero-order valence-electron chi connectivity index (χ0n) is 10.5. The van der Waals surface area contributed by atoms with Crippen LogP contribution in [0.4, 0.5) is 8.78 Å². The van der Waals surface area contributed by atoms with Crippen LogP contribution in [0.2, 0.25) is 0 Å². The van der Waals surface area contributed by atoms with Gasteiger partial charge in [0.15, 0.2) is 0 Å². The molecule has 0 saturated carbocycles. The third kappa shape index (κ3) is 3.63. The Morgan fingerprint density at radius 1 is 1.05 bits per heavy atom. The highest BCUT2D eigenvalue weighted by Crippen LogP contribution is 2.11. The monoisotopic (exact) mass is 339 g/mol. The topological polar surface area (TPSA) is 29.1 Å². The van der Waals surface area contributed by atoms with E-state index in [0.717, 1.165) is 34.7 Å². The minimum Gasteiger partial charge on any atom is -0.348 e. The molecule has 0 fully saturated rings. The van der Waals surface area contributed by atoms with Crippen molar-refractivity contribution in [1.82, 2.24) is 5.32 Å². The quantitative estimate of drug-likeness (QED) is 0.843. The molecular weight excluding hydrogens is 328 g/mol. The number of hydrogen-bond donors (Lipinski definition) is 1. The molecule has 1 amide bonds. The average Bonchev–Trinajstić information content (AvgIpc) is 2.47.